The fourth-order valence-corrected chi connectivity index (χ4v) is 4.12. The van der Waals surface area contributed by atoms with Crippen molar-refractivity contribution < 1.29 is 19.1 Å². The highest BCUT2D eigenvalue weighted by atomic mass is 16.7. The zero-order valence-electron chi connectivity index (χ0n) is 20.8. The van der Waals surface area contributed by atoms with Crippen molar-refractivity contribution in [3.05, 3.63) is 29.3 Å². The molecule has 0 radical (unpaired) electrons. The Morgan fingerprint density at radius 3 is 2.66 bits per heavy atom. The molecule has 0 saturated carbocycles. The SMILES string of the molecule is CN=C(N)N(C)OC(C)C(C)(C)CC(C)COc1ccc2c(c1)CN(C)C(C(=O)OC)C2. The molecule has 0 aromatic heterocycles. The van der Waals surface area contributed by atoms with E-state index in [9.17, 15) is 4.79 Å². The predicted molar refractivity (Wildman–Crippen MR) is 126 cm³/mol. The van der Waals surface area contributed by atoms with Crippen molar-refractivity contribution in [3.8, 4) is 5.75 Å². The van der Waals surface area contributed by atoms with E-state index in [2.05, 4.69) is 44.8 Å². The largest absolute Gasteiger partial charge is 0.493 e. The van der Waals surface area contributed by atoms with E-state index in [1.807, 2.05) is 18.0 Å². The summed E-state index contributed by atoms with van der Waals surface area (Å²) in [7, 11) is 6.79. The highest BCUT2D eigenvalue weighted by Gasteiger charge is 2.32. The number of aliphatic imine (C=N–C) groups is 1. The maximum absolute atomic E-state index is 12.0. The molecule has 2 rings (SSSR count). The van der Waals surface area contributed by atoms with Crippen molar-refractivity contribution in [1.82, 2.24) is 9.96 Å². The number of esters is 1. The van der Waals surface area contributed by atoms with Gasteiger partial charge in [0, 0.05) is 20.6 Å². The van der Waals surface area contributed by atoms with Gasteiger partial charge in [0.2, 0.25) is 5.96 Å². The number of fused-ring (bicyclic) bond motifs is 1. The van der Waals surface area contributed by atoms with Crippen LogP contribution >= 0.6 is 0 Å². The molecule has 0 amide bonds. The average Bonchev–Trinajstić information content (AvgIpc) is 2.75. The number of methoxy groups -OCH3 is 1. The van der Waals surface area contributed by atoms with Gasteiger partial charge in [0.25, 0.3) is 0 Å². The van der Waals surface area contributed by atoms with Crippen molar-refractivity contribution in [2.24, 2.45) is 22.1 Å². The number of hydrogen-bond acceptors (Lipinski definition) is 6. The molecule has 0 aliphatic carbocycles. The van der Waals surface area contributed by atoms with Crippen LogP contribution in [0.1, 0.15) is 45.2 Å². The van der Waals surface area contributed by atoms with Crippen LogP contribution in [0.4, 0.5) is 0 Å². The first-order chi connectivity index (χ1) is 15.0. The van der Waals surface area contributed by atoms with Crippen molar-refractivity contribution in [3.63, 3.8) is 0 Å². The average molecular weight is 449 g/mol. The van der Waals surface area contributed by atoms with E-state index in [1.54, 1.807) is 14.1 Å². The second-order valence-corrected chi connectivity index (χ2v) is 9.52. The number of carbonyl (C=O) groups is 1. The fraction of sp³-hybridized carbons (Fsp3) is 0.667. The number of ether oxygens (including phenoxy) is 2. The maximum Gasteiger partial charge on any atom is 0.323 e. The molecule has 8 heteroatoms. The standard InChI is InChI=1S/C24H40N4O4/c1-16(13-24(3,4)17(2)32-28(7)23(25)26-5)15-31-20-10-9-18-12-21(22(29)30-8)27(6)14-19(18)11-20/h9-11,16-17,21H,12-15H2,1-8H3,(H2,25,26). The summed E-state index contributed by atoms with van der Waals surface area (Å²) in [6.07, 6.45) is 1.54. The summed E-state index contributed by atoms with van der Waals surface area (Å²) in [5.41, 5.74) is 8.10. The van der Waals surface area contributed by atoms with Gasteiger partial charge in [-0.25, -0.2) is 5.06 Å². The van der Waals surface area contributed by atoms with E-state index >= 15 is 0 Å². The van der Waals surface area contributed by atoms with Gasteiger partial charge in [-0.3, -0.25) is 19.5 Å². The zero-order valence-corrected chi connectivity index (χ0v) is 20.8. The molecule has 1 aliphatic rings. The molecule has 8 nitrogen and oxygen atoms in total. The van der Waals surface area contributed by atoms with E-state index < -0.39 is 0 Å². The third-order valence-electron chi connectivity index (χ3n) is 6.39. The maximum atomic E-state index is 12.0. The molecule has 0 bridgehead atoms. The number of carbonyl (C=O) groups excluding carboxylic acids is 1. The summed E-state index contributed by atoms with van der Waals surface area (Å²) in [6, 6.07) is 5.91. The lowest BCUT2D eigenvalue weighted by Crippen LogP contribution is -2.43. The van der Waals surface area contributed by atoms with Gasteiger partial charge < -0.3 is 15.2 Å². The van der Waals surface area contributed by atoms with Crippen LogP contribution in [0.3, 0.4) is 0 Å². The van der Waals surface area contributed by atoms with E-state index in [-0.39, 0.29) is 23.5 Å². The lowest BCUT2D eigenvalue weighted by Gasteiger charge is -2.36. The predicted octanol–water partition coefficient (Wildman–Crippen LogP) is 2.84. The van der Waals surface area contributed by atoms with Crippen LogP contribution in [0.5, 0.6) is 5.75 Å². The summed E-state index contributed by atoms with van der Waals surface area (Å²) in [5.74, 6) is 1.35. The number of hydrogen-bond donors (Lipinski definition) is 1. The van der Waals surface area contributed by atoms with Gasteiger partial charge in [-0.2, -0.15) is 0 Å². The molecule has 0 fully saturated rings. The highest BCUT2D eigenvalue weighted by molar-refractivity contribution is 5.77. The second kappa shape index (κ2) is 11.0. The molecular formula is C24H40N4O4. The molecule has 180 valence electrons. The number of nitrogens with zero attached hydrogens (tertiary/aromatic N) is 3. The summed E-state index contributed by atoms with van der Waals surface area (Å²) >= 11 is 0. The number of likely N-dealkylation sites (N-methyl/N-ethyl adjacent to an activating group) is 1. The Labute approximate surface area is 192 Å². The Morgan fingerprint density at radius 2 is 2.03 bits per heavy atom. The minimum Gasteiger partial charge on any atom is -0.493 e. The molecule has 1 aromatic rings. The van der Waals surface area contributed by atoms with Crippen LogP contribution < -0.4 is 10.5 Å². The van der Waals surface area contributed by atoms with Crippen LogP contribution in [-0.4, -0.2) is 68.9 Å². The topological polar surface area (TPSA) is 89.6 Å². The summed E-state index contributed by atoms with van der Waals surface area (Å²) in [6.45, 7) is 9.93. The van der Waals surface area contributed by atoms with Crippen LogP contribution in [0, 0.1) is 11.3 Å². The summed E-state index contributed by atoms with van der Waals surface area (Å²) in [4.78, 5) is 23.9. The van der Waals surface area contributed by atoms with Crippen LogP contribution in [0.25, 0.3) is 0 Å². The van der Waals surface area contributed by atoms with Crippen LogP contribution in [0.15, 0.2) is 23.2 Å². The van der Waals surface area contributed by atoms with Gasteiger partial charge in [0.15, 0.2) is 0 Å². The van der Waals surface area contributed by atoms with Crippen molar-refractivity contribution in [2.75, 3.05) is 34.9 Å². The highest BCUT2D eigenvalue weighted by Crippen LogP contribution is 2.32. The van der Waals surface area contributed by atoms with Gasteiger partial charge >= 0.3 is 5.97 Å². The fourth-order valence-electron chi connectivity index (χ4n) is 4.12. The van der Waals surface area contributed by atoms with Crippen molar-refractivity contribution in [2.45, 2.75) is 59.2 Å². The van der Waals surface area contributed by atoms with Crippen molar-refractivity contribution in [1.29, 1.82) is 0 Å². The van der Waals surface area contributed by atoms with E-state index in [0.717, 1.165) is 12.2 Å². The van der Waals surface area contributed by atoms with Gasteiger partial charge in [-0.15, -0.1) is 0 Å². The van der Waals surface area contributed by atoms with Gasteiger partial charge in [-0.1, -0.05) is 26.8 Å². The number of guanidine groups is 1. The minimum atomic E-state index is -0.233. The smallest absolute Gasteiger partial charge is 0.323 e. The second-order valence-electron chi connectivity index (χ2n) is 9.52. The van der Waals surface area contributed by atoms with Crippen LogP contribution in [-0.2, 0) is 27.3 Å². The van der Waals surface area contributed by atoms with Gasteiger partial charge in [0.05, 0.1) is 19.8 Å². The molecule has 1 aromatic carbocycles. The first kappa shape index (κ1) is 25.9. The normalized spacial score (nSPS) is 19.1. The molecule has 1 heterocycles. The number of nitrogens with two attached hydrogens (primary N) is 1. The quantitative estimate of drug-likeness (QED) is 0.269. The van der Waals surface area contributed by atoms with Crippen LogP contribution in [0.2, 0.25) is 0 Å². The first-order valence-corrected chi connectivity index (χ1v) is 11.1. The van der Waals surface area contributed by atoms with Gasteiger partial charge in [-0.05, 0) is 61.4 Å². The van der Waals surface area contributed by atoms with Gasteiger partial charge in [0.1, 0.15) is 11.8 Å². The molecule has 3 atom stereocenters. The first-order valence-electron chi connectivity index (χ1n) is 11.1. The monoisotopic (exact) mass is 448 g/mol. The van der Waals surface area contributed by atoms with E-state index in [0.29, 0.717) is 31.4 Å². The number of hydroxylamine groups is 2. The molecule has 32 heavy (non-hydrogen) atoms. The zero-order chi connectivity index (χ0) is 24.1. The lowest BCUT2D eigenvalue weighted by atomic mass is 9.79. The Hall–Kier alpha value is -2.32. The molecule has 0 spiro atoms. The Bertz CT molecular complexity index is 811. The van der Waals surface area contributed by atoms with Crippen molar-refractivity contribution >= 4 is 11.9 Å². The Morgan fingerprint density at radius 1 is 1.34 bits per heavy atom. The molecule has 1 aliphatic heterocycles. The van der Waals surface area contributed by atoms with E-state index in [1.165, 1.54) is 23.3 Å². The molecule has 2 N–H and O–H groups in total. The third-order valence-corrected chi connectivity index (χ3v) is 6.39. The van der Waals surface area contributed by atoms with E-state index in [4.69, 9.17) is 20.0 Å². The lowest BCUT2D eigenvalue weighted by molar-refractivity contribution is -0.165. The number of rotatable bonds is 9. The summed E-state index contributed by atoms with van der Waals surface area (Å²) in [5, 5.41) is 1.52. The Kier molecular flexibility index (Phi) is 8.92. The minimum absolute atomic E-state index is 0.0442. The molecule has 0 saturated heterocycles. The molecule has 3 unspecified atom stereocenters. The number of benzene rings is 1. The Balaban J connectivity index is 1.92. The summed E-state index contributed by atoms with van der Waals surface area (Å²) < 4.78 is 11.1. The third kappa shape index (κ3) is 6.59. The molecular weight excluding hydrogens is 408 g/mol.